The Kier molecular flexibility index (Phi) is 16.0. The zero-order valence-corrected chi connectivity index (χ0v) is 14.9. The first kappa shape index (κ1) is 21.7. The predicted molar refractivity (Wildman–Crippen MR) is 91.8 cm³/mol. The van der Waals surface area contributed by atoms with Crippen LogP contribution in [-0.2, 0) is 19.0 Å². The van der Waals surface area contributed by atoms with E-state index in [1.165, 1.54) is 7.11 Å². The van der Waals surface area contributed by atoms with Crippen molar-refractivity contribution in [3.8, 4) is 0 Å². The van der Waals surface area contributed by atoms with Crippen LogP contribution < -0.4 is 10.6 Å². The van der Waals surface area contributed by atoms with Crippen LogP contribution in [-0.4, -0.2) is 65.6 Å². The third-order valence-electron chi connectivity index (χ3n) is 3.07. The smallest absolute Gasteiger partial charge is 0.305 e. The molecule has 0 atom stereocenters. The maximum absolute atomic E-state index is 11.0. The molecule has 0 saturated carbocycles. The lowest BCUT2D eigenvalue weighted by atomic mass is 10.2. The average Bonchev–Trinajstić information content (AvgIpc) is 2.56. The minimum absolute atomic E-state index is 0.138. The van der Waals surface area contributed by atoms with Crippen molar-refractivity contribution in [2.75, 3.05) is 53.7 Å². The lowest BCUT2D eigenvalue weighted by Gasteiger charge is -2.11. The highest BCUT2D eigenvalue weighted by Crippen LogP contribution is 2.00. The van der Waals surface area contributed by atoms with Gasteiger partial charge >= 0.3 is 5.97 Å². The third-order valence-corrected chi connectivity index (χ3v) is 3.07. The SMILES string of the molecule is CCNC(=NCCCOCCOC)NCCCCCC(=O)OC. The Morgan fingerprint density at radius 2 is 1.83 bits per heavy atom. The molecule has 0 bridgehead atoms. The van der Waals surface area contributed by atoms with Gasteiger partial charge in [-0.15, -0.1) is 0 Å². The summed E-state index contributed by atoms with van der Waals surface area (Å²) in [5.74, 6) is 0.693. The fourth-order valence-corrected chi connectivity index (χ4v) is 1.82. The van der Waals surface area contributed by atoms with Gasteiger partial charge < -0.3 is 24.8 Å². The zero-order valence-electron chi connectivity index (χ0n) is 14.9. The van der Waals surface area contributed by atoms with E-state index in [1.54, 1.807) is 7.11 Å². The van der Waals surface area contributed by atoms with Crippen molar-refractivity contribution in [2.24, 2.45) is 4.99 Å². The Bertz CT molecular complexity index is 312. The van der Waals surface area contributed by atoms with Gasteiger partial charge in [-0.1, -0.05) is 6.42 Å². The number of ether oxygens (including phenoxy) is 3. The summed E-state index contributed by atoms with van der Waals surface area (Å²) in [6, 6.07) is 0. The fourth-order valence-electron chi connectivity index (χ4n) is 1.82. The Hall–Kier alpha value is -1.34. The van der Waals surface area contributed by atoms with Crippen molar-refractivity contribution in [3.05, 3.63) is 0 Å². The Labute approximate surface area is 140 Å². The number of guanidine groups is 1. The molecule has 0 amide bonds. The highest BCUT2D eigenvalue weighted by atomic mass is 16.5. The van der Waals surface area contributed by atoms with E-state index in [9.17, 15) is 4.79 Å². The van der Waals surface area contributed by atoms with Crippen LogP contribution in [0.2, 0.25) is 0 Å². The summed E-state index contributed by atoms with van der Waals surface area (Å²) in [6.45, 7) is 6.40. The Balaban J connectivity index is 3.67. The number of nitrogens with zero attached hydrogens (tertiary/aromatic N) is 1. The summed E-state index contributed by atoms with van der Waals surface area (Å²) in [7, 11) is 3.09. The van der Waals surface area contributed by atoms with Crippen LogP contribution in [0.5, 0.6) is 0 Å². The monoisotopic (exact) mass is 331 g/mol. The van der Waals surface area contributed by atoms with Crippen molar-refractivity contribution >= 4 is 11.9 Å². The zero-order chi connectivity index (χ0) is 17.2. The second-order valence-electron chi connectivity index (χ2n) is 5.03. The van der Waals surface area contributed by atoms with E-state index in [0.29, 0.717) is 26.2 Å². The minimum Gasteiger partial charge on any atom is -0.469 e. The molecular formula is C16H33N3O4. The number of methoxy groups -OCH3 is 2. The normalized spacial score (nSPS) is 11.3. The van der Waals surface area contributed by atoms with Gasteiger partial charge in [-0.2, -0.15) is 0 Å². The molecule has 0 heterocycles. The van der Waals surface area contributed by atoms with Crippen molar-refractivity contribution in [2.45, 2.75) is 39.0 Å². The lowest BCUT2D eigenvalue weighted by Crippen LogP contribution is -2.37. The summed E-state index contributed by atoms with van der Waals surface area (Å²) in [5.41, 5.74) is 0. The van der Waals surface area contributed by atoms with Crippen molar-refractivity contribution in [3.63, 3.8) is 0 Å². The summed E-state index contributed by atoms with van der Waals surface area (Å²) >= 11 is 0. The van der Waals surface area contributed by atoms with E-state index in [0.717, 1.165) is 51.3 Å². The molecule has 0 aliphatic heterocycles. The molecule has 23 heavy (non-hydrogen) atoms. The molecule has 0 saturated heterocycles. The average molecular weight is 331 g/mol. The van der Waals surface area contributed by atoms with Gasteiger partial charge in [-0.25, -0.2) is 0 Å². The van der Waals surface area contributed by atoms with Crippen LogP contribution in [0.3, 0.4) is 0 Å². The number of rotatable bonds is 14. The van der Waals surface area contributed by atoms with Crippen LogP contribution in [0.25, 0.3) is 0 Å². The molecule has 136 valence electrons. The molecular weight excluding hydrogens is 298 g/mol. The van der Waals surface area contributed by atoms with E-state index >= 15 is 0 Å². The highest BCUT2D eigenvalue weighted by Gasteiger charge is 2.00. The first-order valence-electron chi connectivity index (χ1n) is 8.40. The van der Waals surface area contributed by atoms with Crippen molar-refractivity contribution in [1.29, 1.82) is 0 Å². The van der Waals surface area contributed by atoms with Crippen LogP contribution in [0.1, 0.15) is 39.0 Å². The molecule has 0 fully saturated rings. The first-order valence-corrected chi connectivity index (χ1v) is 8.40. The van der Waals surface area contributed by atoms with E-state index in [-0.39, 0.29) is 5.97 Å². The van der Waals surface area contributed by atoms with Crippen LogP contribution in [0.4, 0.5) is 0 Å². The van der Waals surface area contributed by atoms with E-state index < -0.39 is 0 Å². The number of hydrogen-bond acceptors (Lipinski definition) is 5. The predicted octanol–water partition coefficient (Wildman–Crippen LogP) is 1.33. The molecule has 0 aliphatic rings. The van der Waals surface area contributed by atoms with Crippen molar-refractivity contribution in [1.82, 2.24) is 10.6 Å². The van der Waals surface area contributed by atoms with Crippen LogP contribution in [0, 0.1) is 0 Å². The molecule has 7 heteroatoms. The van der Waals surface area contributed by atoms with Gasteiger partial charge in [0.25, 0.3) is 0 Å². The number of aliphatic imine (C=N–C) groups is 1. The van der Waals surface area contributed by atoms with Gasteiger partial charge in [0, 0.05) is 39.8 Å². The van der Waals surface area contributed by atoms with Gasteiger partial charge in [0.15, 0.2) is 5.96 Å². The van der Waals surface area contributed by atoms with Crippen molar-refractivity contribution < 1.29 is 19.0 Å². The van der Waals surface area contributed by atoms with E-state index in [4.69, 9.17) is 9.47 Å². The summed E-state index contributed by atoms with van der Waals surface area (Å²) in [4.78, 5) is 15.5. The van der Waals surface area contributed by atoms with Gasteiger partial charge in [-0.05, 0) is 26.2 Å². The highest BCUT2D eigenvalue weighted by molar-refractivity contribution is 5.79. The van der Waals surface area contributed by atoms with E-state index in [2.05, 4.69) is 20.4 Å². The van der Waals surface area contributed by atoms with Crippen LogP contribution >= 0.6 is 0 Å². The van der Waals surface area contributed by atoms with Gasteiger partial charge in [0.2, 0.25) is 0 Å². The summed E-state index contributed by atoms with van der Waals surface area (Å²) in [6.07, 6.45) is 4.24. The number of nitrogens with one attached hydrogen (secondary N) is 2. The molecule has 0 rings (SSSR count). The molecule has 0 aromatic rings. The molecule has 0 unspecified atom stereocenters. The lowest BCUT2D eigenvalue weighted by molar-refractivity contribution is -0.140. The van der Waals surface area contributed by atoms with Gasteiger partial charge in [-0.3, -0.25) is 9.79 Å². The number of esters is 1. The largest absolute Gasteiger partial charge is 0.469 e. The Morgan fingerprint density at radius 3 is 2.52 bits per heavy atom. The number of carbonyl (C=O) groups excluding carboxylic acids is 1. The summed E-state index contributed by atoms with van der Waals surface area (Å²) in [5, 5.41) is 6.51. The topological polar surface area (TPSA) is 81.2 Å². The number of hydrogen-bond donors (Lipinski definition) is 2. The number of unbranched alkanes of at least 4 members (excludes halogenated alkanes) is 2. The molecule has 7 nitrogen and oxygen atoms in total. The summed E-state index contributed by atoms with van der Waals surface area (Å²) < 4.78 is 14.9. The molecule has 2 N–H and O–H groups in total. The second-order valence-corrected chi connectivity index (χ2v) is 5.03. The first-order chi connectivity index (χ1) is 11.2. The Morgan fingerprint density at radius 1 is 1.00 bits per heavy atom. The molecule has 0 spiro atoms. The maximum atomic E-state index is 11.0. The standard InChI is InChI=1S/C16H33N3O4/c1-4-17-16(19-11-8-12-23-14-13-21-2)18-10-7-5-6-9-15(20)22-3/h4-14H2,1-3H3,(H2,17,18,19). The molecule has 0 aromatic carbocycles. The number of carbonyl (C=O) groups is 1. The molecule has 0 aliphatic carbocycles. The quantitative estimate of drug-likeness (QED) is 0.216. The van der Waals surface area contributed by atoms with Crippen LogP contribution in [0.15, 0.2) is 4.99 Å². The van der Waals surface area contributed by atoms with E-state index in [1.807, 2.05) is 6.92 Å². The maximum Gasteiger partial charge on any atom is 0.305 e. The fraction of sp³-hybridized carbons (Fsp3) is 0.875. The van der Waals surface area contributed by atoms with Gasteiger partial charge in [0.1, 0.15) is 0 Å². The second kappa shape index (κ2) is 17.0. The molecule has 0 aromatic heterocycles. The minimum atomic E-state index is -0.138. The molecule has 0 radical (unpaired) electrons. The third kappa shape index (κ3) is 15.3. The van der Waals surface area contributed by atoms with Gasteiger partial charge in [0.05, 0.1) is 20.3 Å².